The summed E-state index contributed by atoms with van der Waals surface area (Å²) in [6, 6.07) is 10.3. The van der Waals surface area contributed by atoms with Gasteiger partial charge in [0, 0.05) is 17.1 Å². The van der Waals surface area contributed by atoms with Crippen LogP contribution in [0.2, 0.25) is 0 Å². The lowest BCUT2D eigenvalue weighted by Gasteiger charge is -2.12. The second-order valence-electron chi connectivity index (χ2n) is 4.77. The third-order valence-corrected chi connectivity index (χ3v) is 3.50. The van der Waals surface area contributed by atoms with E-state index in [0.29, 0.717) is 22.7 Å². The van der Waals surface area contributed by atoms with Crippen LogP contribution in [-0.2, 0) is 0 Å². The molecule has 0 spiro atoms. The van der Waals surface area contributed by atoms with Gasteiger partial charge in [-0.3, -0.25) is 4.98 Å². The van der Waals surface area contributed by atoms with Gasteiger partial charge in [0.15, 0.2) is 0 Å². The molecule has 0 saturated carbocycles. The summed E-state index contributed by atoms with van der Waals surface area (Å²) in [6.07, 6.45) is 1.67. The Kier molecular flexibility index (Phi) is 3.80. The van der Waals surface area contributed by atoms with Crippen LogP contribution in [0.3, 0.4) is 0 Å². The summed E-state index contributed by atoms with van der Waals surface area (Å²) < 4.78 is 10.7. The highest BCUT2D eigenvalue weighted by molar-refractivity contribution is 5.98. The molecule has 2 aromatic heterocycles. The fourth-order valence-electron chi connectivity index (χ4n) is 2.44. The molecule has 0 saturated heterocycles. The van der Waals surface area contributed by atoms with Crippen LogP contribution in [0.25, 0.3) is 22.2 Å². The molecular weight excluding hydrogens is 296 g/mol. The smallest absolute Gasteiger partial charge is 0.354 e. The maximum absolute atomic E-state index is 11.2. The van der Waals surface area contributed by atoms with Crippen molar-refractivity contribution in [1.29, 1.82) is 0 Å². The van der Waals surface area contributed by atoms with E-state index in [1.807, 2.05) is 12.1 Å². The first-order chi connectivity index (χ1) is 11.2. The first-order valence-electron chi connectivity index (χ1n) is 6.86. The fourth-order valence-corrected chi connectivity index (χ4v) is 2.44. The van der Waals surface area contributed by atoms with Crippen molar-refractivity contribution in [3.05, 3.63) is 48.3 Å². The topological polar surface area (TPSA) is 81.5 Å². The van der Waals surface area contributed by atoms with E-state index < -0.39 is 5.97 Å². The Morgan fingerprint density at radius 2 is 1.78 bits per heavy atom. The lowest BCUT2D eigenvalue weighted by Crippen LogP contribution is -2.03. The van der Waals surface area contributed by atoms with Gasteiger partial charge in [0.1, 0.15) is 28.4 Å². The Balaban J connectivity index is 2.33. The molecular formula is C17H14N2O4. The first kappa shape index (κ1) is 14.8. The van der Waals surface area contributed by atoms with Gasteiger partial charge >= 0.3 is 5.97 Å². The van der Waals surface area contributed by atoms with Crippen molar-refractivity contribution < 1.29 is 19.4 Å². The second kappa shape index (κ2) is 5.92. The van der Waals surface area contributed by atoms with Gasteiger partial charge < -0.3 is 14.6 Å². The molecule has 0 aliphatic heterocycles. The molecule has 116 valence electrons. The number of aromatic nitrogens is 2. The summed E-state index contributed by atoms with van der Waals surface area (Å²) in [5.41, 5.74) is 1.81. The minimum atomic E-state index is -1.09. The summed E-state index contributed by atoms with van der Waals surface area (Å²) in [4.78, 5) is 19.8. The summed E-state index contributed by atoms with van der Waals surface area (Å²) in [7, 11) is 3.10. The molecule has 23 heavy (non-hydrogen) atoms. The van der Waals surface area contributed by atoms with Crippen LogP contribution in [0.4, 0.5) is 0 Å². The van der Waals surface area contributed by atoms with Crippen LogP contribution in [-0.4, -0.2) is 35.3 Å². The molecule has 0 amide bonds. The van der Waals surface area contributed by atoms with Crippen LogP contribution in [0.1, 0.15) is 10.5 Å². The summed E-state index contributed by atoms with van der Waals surface area (Å²) in [6.45, 7) is 0. The number of aromatic carboxylic acids is 1. The van der Waals surface area contributed by atoms with Crippen molar-refractivity contribution in [2.24, 2.45) is 0 Å². The zero-order valence-electron chi connectivity index (χ0n) is 12.6. The lowest BCUT2D eigenvalue weighted by molar-refractivity contribution is 0.0690. The van der Waals surface area contributed by atoms with E-state index in [2.05, 4.69) is 9.97 Å². The highest BCUT2D eigenvalue weighted by Gasteiger charge is 2.16. The zero-order valence-corrected chi connectivity index (χ0v) is 12.6. The molecule has 6 heteroatoms. The van der Waals surface area contributed by atoms with Gasteiger partial charge in [-0.2, -0.15) is 0 Å². The average molecular weight is 310 g/mol. The monoisotopic (exact) mass is 310 g/mol. The Labute approximate surface area is 132 Å². The van der Waals surface area contributed by atoms with Gasteiger partial charge in [0.2, 0.25) is 0 Å². The summed E-state index contributed by atoms with van der Waals surface area (Å²) in [5, 5.41) is 9.99. The van der Waals surface area contributed by atoms with Crippen molar-refractivity contribution in [3.63, 3.8) is 0 Å². The molecule has 1 aromatic carbocycles. The number of methoxy groups -OCH3 is 2. The quantitative estimate of drug-likeness (QED) is 0.797. The summed E-state index contributed by atoms with van der Waals surface area (Å²) in [5.74, 6) is 0.0351. The van der Waals surface area contributed by atoms with Crippen LogP contribution in [0.5, 0.6) is 11.5 Å². The van der Waals surface area contributed by atoms with Gasteiger partial charge in [0.25, 0.3) is 0 Å². The number of hydrogen-bond acceptors (Lipinski definition) is 5. The van der Waals surface area contributed by atoms with E-state index in [0.717, 1.165) is 10.9 Å². The normalized spacial score (nSPS) is 10.5. The number of benzene rings is 1. The van der Waals surface area contributed by atoms with Crippen molar-refractivity contribution >= 4 is 16.9 Å². The first-order valence-corrected chi connectivity index (χ1v) is 6.86. The van der Waals surface area contributed by atoms with E-state index in [1.54, 1.807) is 31.5 Å². The third kappa shape index (κ3) is 2.55. The molecule has 0 bridgehead atoms. The zero-order chi connectivity index (χ0) is 16.4. The standard InChI is InChI=1S/C17H14N2O4/c1-22-13-7-5-11(10-4-3-9-18-15(10)13)16-14(23-2)8-6-12(19-16)17(20)21/h3-9H,1-2H3,(H,20,21). The number of carboxylic acids is 1. The Hall–Kier alpha value is -3.15. The van der Waals surface area contributed by atoms with E-state index in [1.165, 1.54) is 13.2 Å². The van der Waals surface area contributed by atoms with Crippen molar-refractivity contribution in [1.82, 2.24) is 9.97 Å². The third-order valence-electron chi connectivity index (χ3n) is 3.50. The molecule has 0 unspecified atom stereocenters. The van der Waals surface area contributed by atoms with Crippen LogP contribution < -0.4 is 9.47 Å². The molecule has 0 aliphatic rings. The predicted octanol–water partition coefficient (Wildman–Crippen LogP) is 3.01. The van der Waals surface area contributed by atoms with Gasteiger partial charge in [-0.25, -0.2) is 9.78 Å². The SMILES string of the molecule is COc1ccc(C(=O)O)nc1-c1ccc(OC)c2ncccc12. The van der Waals surface area contributed by atoms with Crippen molar-refractivity contribution in [3.8, 4) is 22.8 Å². The van der Waals surface area contributed by atoms with Gasteiger partial charge in [0.05, 0.1) is 14.2 Å². The van der Waals surface area contributed by atoms with Gasteiger partial charge in [-0.15, -0.1) is 0 Å². The van der Waals surface area contributed by atoms with Crippen molar-refractivity contribution in [2.75, 3.05) is 14.2 Å². The maximum atomic E-state index is 11.2. The predicted molar refractivity (Wildman–Crippen MR) is 85.0 cm³/mol. The number of hydrogen-bond donors (Lipinski definition) is 1. The van der Waals surface area contributed by atoms with E-state index in [9.17, 15) is 9.90 Å². The Bertz CT molecular complexity index is 893. The highest BCUT2D eigenvalue weighted by Crippen LogP contribution is 2.36. The number of fused-ring (bicyclic) bond motifs is 1. The number of ether oxygens (including phenoxy) is 2. The van der Waals surface area contributed by atoms with Crippen LogP contribution in [0, 0.1) is 0 Å². The highest BCUT2D eigenvalue weighted by atomic mass is 16.5. The molecule has 0 atom stereocenters. The molecule has 0 radical (unpaired) electrons. The molecule has 0 aliphatic carbocycles. The Morgan fingerprint density at radius 1 is 1.04 bits per heavy atom. The van der Waals surface area contributed by atoms with Gasteiger partial charge in [-0.05, 0) is 30.3 Å². The molecule has 1 N–H and O–H groups in total. The molecule has 3 rings (SSSR count). The van der Waals surface area contributed by atoms with Crippen LogP contribution >= 0.6 is 0 Å². The number of nitrogens with zero attached hydrogens (tertiary/aromatic N) is 2. The van der Waals surface area contributed by atoms with Crippen molar-refractivity contribution in [2.45, 2.75) is 0 Å². The largest absolute Gasteiger partial charge is 0.494 e. The van der Waals surface area contributed by atoms with E-state index in [-0.39, 0.29) is 5.69 Å². The number of carboxylic acid groups (broad SMARTS) is 1. The molecule has 2 heterocycles. The maximum Gasteiger partial charge on any atom is 0.354 e. The molecule has 0 fully saturated rings. The van der Waals surface area contributed by atoms with E-state index >= 15 is 0 Å². The second-order valence-corrected chi connectivity index (χ2v) is 4.77. The van der Waals surface area contributed by atoms with Gasteiger partial charge in [-0.1, -0.05) is 6.07 Å². The molecule has 3 aromatic rings. The molecule has 6 nitrogen and oxygen atoms in total. The van der Waals surface area contributed by atoms with Crippen LogP contribution in [0.15, 0.2) is 42.6 Å². The minimum Gasteiger partial charge on any atom is -0.494 e. The fraction of sp³-hybridized carbons (Fsp3) is 0.118. The lowest BCUT2D eigenvalue weighted by atomic mass is 10.0. The number of carbonyl (C=O) groups is 1. The number of pyridine rings is 2. The average Bonchev–Trinajstić information content (AvgIpc) is 2.60. The summed E-state index contributed by atoms with van der Waals surface area (Å²) >= 11 is 0. The number of rotatable bonds is 4. The van der Waals surface area contributed by atoms with E-state index in [4.69, 9.17) is 9.47 Å². The minimum absolute atomic E-state index is 0.0475. The Morgan fingerprint density at radius 3 is 2.48 bits per heavy atom.